The lowest BCUT2D eigenvalue weighted by Crippen LogP contribution is -2.38. The molecule has 11 nitrogen and oxygen atoms in total. The molecule has 0 aromatic carbocycles. The summed E-state index contributed by atoms with van der Waals surface area (Å²) in [5, 5.41) is 22.8. The molecule has 4 N–H and O–H groups in total. The molecule has 0 spiro atoms. The number of rotatable bonds is 15. The highest BCUT2D eigenvalue weighted by atomic mass is 35.5. The molecule has 37 heavy (non-hydrogen) atoms. The molecule has 204 valence electrons. The lowest BCUT2D eigenvalue weighted by Gasteiger charge is -2.29. The van der Waals surface area contributed by atoms with Crippen molar-refractivity contribution in [2.24, 2.45) is 13.0 Å². The minimum atomic E-state index is -1.04. The number of nitrogens with zero attached hydrogens (tertiary/aromatic N) is 4. The van der Waals surface area contributed by atoms with Gasteiger partial charge in [-0.25, -0.2) is 14.8 Å². The van der Waals surface area contributed by atoms with E-state index < -0.39 is 6.09 Å². The smallest absolute Gasteiger partial charge is 0.404 e. The molecule has 2 aliphatic rings. The first-order valence-electron chi connectivity index (χ1n) is 13.2. The molecule has 0 saturated heterocycles. The van der Waals surface area contributed by atoms with Crippen LogP contribution in [0.3, 0.4) is 0 Å². The van der Waals surface area contributed by atoms with Gasteiger partial charge in [0, 0.05) is 43.5 Å². The third-order valence-electron chi connectivity index (χ3n) is 6.87. The standard InChI is InChI=1S/C25H38ClN7O4/c1-33-22(14-17-2-3-17)20(15-30-33)23-21(26)16-29-24(32-23)31-19-6-4-18(5-7-19)27-8-10-36-12-13-37-11-9-28-25(34)35/h15-19,27-28H,2-14H2,1H3,(H,34,35)(H,29,31,32)/t18-,19-. The van der Waals surface area contributed by atoms with E-state index >= 15 is 0 Å². The molecule has 4 rings (SSSR count). The van der Waals surface area contributed by atoms with Crippen molar-refractivity contribution in [2.75, 3.05) is 44.8 Å². The molecule has 0 aliphatic heterocycles. The van der Waals surface area contributed by atoms with Gasteiger partial charge in [-0.05, 0) is 50.9 Å². The minimum absolute atomic E-state index is 0.283. The van der Waals surface area contributed by atoms with Crippen molar-refractivity contribution in [1.29, 1.82) is 0 Å². The average Bonchev–Trinajstić information content (AvgIpc) is 3.64. The predicted molar refractivity (Wildman–Crippen MR) is 141 cm³/mol. The molecular weight excluding hydrogens is 498 g/mol. The fourth-order valence-electron chi connectivity index (χ4n) is 4.64. The van der Waals surface area contributed by atoms with Crippen molar-refractivity contribution in [3.8, 4) is 11.3 Å². The Balaban J connectivity index is 1.14. The number of carbonyl (C=O) groups is 1. The number of anilines is 1. The Kier molecular flexibility index (Phi) is 10.4. The van der Waals surface area contributed by atoms with E-state index in [9.17, 15) is 4.79 Å². The lowest BCUT2D eigenvalue weighted by atomic mass is 9.91. The topological polar surface area (TPSA) is 135 Å². The zero-order chi connectivity index (χ0) is 26.0. The Morgan fingerprint density at radius 3 is 2.46 bits per heavy atom. The predicted octanol–water partition coefficient (Wildman–Crippen LogP) is 3.10. The molecule has 0 unspecified atom stereocenters. The number of halogens is 1. The Bertz CT molecular complexity index is 1010. The van der Waals surface area contributed by atoms with Crippen molar-refractivity contribution in [3.63, 3.8) is 0 Å². The van der Waals surface area contributed by atoms with Crippen LogP contribution < -0.4 is 16.0 Å². The van der Waals surface area contributed by atoms with Crippen LogP contribution in [0, 0.1) is 5.92 Å². The van der Waals surface area contributed by atoms with E-state index in [0.29, 0.717) is 49.5 Å². The third-order valence-corrected chi connectivity index (χ3v) is 7.15. The first-order valence-corrected chi connectivity index (χ1v) is 13.5. The maximum Gasteiger partial charge on any atom is 0.404 e. The number of hydrogen-bond acceptors (Lipinski definition) is 8. The molecule has 12 heteroatoms. The summed E-state index contributed by atoms with van der Waals surface area (Å²) in [5.41, 5.74) is 2.94. The van der Waals surface area contributed by atoms with Crippen LogP contribution in [0.5, 0.6) is 0 Å². The van der Waals surface area contributed by atoms with Gasteiger partial charge in [0.25, 0.3) is 0 Å². The summed E-state index contributed by atoms with van der Waals surface area (Å²) in [6, 6.07) is 0.804. The van der Waals surface area contributed by atoms with E-state index in [0.717, 1.165) is 55.8 Å². The van der Waals surface area contributed by atoms with Crippen LogP contribution >= 0.6 is 11.6 Å². The number of aryl methyl sites for hydroxylation is 1. The van der Waals surface area contributed by atoms with Crippen LogP contribution in [0.2, 0.25) is 5.02 Å². The SMILES string of the molecule is Cn1ncc(-c2nc(N[C@H]3CC[C@H](NCCOCCOCCNC(=O)O)CC3)ncc2Cl)c1CC1CC1. The van der Waals surface area contributed by atoms with Gasteiger partial charge in [-0.3, -0.25) is 4.68 Å². The summed E-state index contributed by atoms with van der Waals surface area (Å²) in [6.45, 7) is 2.99. The van der Waals surface area contributed by atoms with Gasteiger partial charge in [-0.15, -0.1) is 0 Å². The fraction of sp³-hybridized carbons (Fsp3) is 0.680. The summed E-state index contributed by atoms with van der Waals surface area (Å²) in [7, 11) is 1.98. The van der Waals surface area contributed by atoms with Crippen LogP contribution in [-0.4, -0.2) is 82.5 Å². The molecule has 0 atom stereocenters. The number of aromatic nitrogens is 4. The monoisotopic (exact) mass is 535 g/mol. The maximum atomic E-state index is 10.3. The van der Waals surface area contributed by atoms with Crippen LogP contribution in [-0.2, 0) is 22.9 Å². The molecule has 2 heterocycles. The zero-order valence-electron chi connectivity index (χ0n) is 21.4. The number of amides is 1. The largest absolute Gasteiger partial charge is 0.465 e. The number of hydrogen-bond donors (Lipinski definition) is 4. The second kappa shape index (κ2) is 13.9. The lowest BCUT2D eigenvalue weighted by molar-refractivity contribution is 0.0489. The van der Waals surface area contributed by atoms with Crippen molar-refractivity contribution >= 4 is 23.6 Å². The van der Waals surface area contributed by atoms with Crippen LogP contribution in [0.15, 0.2) is 12.4 Å². The van der Waals surface area contributed by atoms with E-state index in [1.54, 1.807) is 6.20 Å². The van der Waals surface area contributed by atoms with E-state index in [-0.39, 0.29) is 6.54 Å². The van der Waals surface area contributed by atoms with Gasteiger partial charge >= 0.3 is 6.09 Å². The Morgan fingerprint density at radius 2 is 1.76 bits per heavy atom. The molecule has 0 radical (unpaired) electrons. The van der Waals surface area contributed by atoms with Gasteiger partial charge in [-0.2, -0.15) is 5.10 Å². The summed E-state index contributed by atoms with van der Waals surface area (Å²) in [4.78, 5) is 19.6. The third kappa shape index (κ3) is 8.80. The van der Waals surface area contributed by atoms with E-state index in [2.05, 4.69) is 26.0 Å². The molecule has 2 aromatic heterocycles. The quantitative estimate of drug-likeness (QED) is 0.254. The Labute approximate surface area is 222 Å². The van der Waals surface area contributed by atoms with Crippen molar-refractivity contribution in [3.05, 3.63) is 23.1 Å². The highest BCUT2D eigenvalue weighted by Crippen LogP contribution is 2.37. The van der Waals surface area contributed by atoms with E-state index in [1.807, 2.05) is 17.9 Å². The summed E-state index contributed by atoms with van der Waals surface area (Å²) in [6.07, 6.45) is 10.3. The molecule has 1 amide bonds. The maximum absolute atomic E-state index is 10.3. The average molecular weight is 536 g/mol. The van der Waals surface area contributed by atoms with Crippen molar-refractivity contribution < 1.29 is 19.4 Å². The molecular formula is C25H38ClN7O4. The second-order valence-corrected chi connectivity index (χ2v) is 10.2. The minimum Gasteiger partial charge on any atom is -0.465 e. The van der Waals surface area contributed by atoms with Gasteiger partial charge in [0.15, 0.2) is 0 Å². The highest BCUT2D eigenvalue weighted by molar-refractivity contribution is 6.32. The van der Waals surface area contributed by atoms with Gasteiger partial charge in [0.1, 0.15) is 0 Å². The summed E-state index contributed by atoms with van der Waals surface area (Å²) >= 11 is 6.51. The number of ether oxygens (including phenoxy) is 2. The zero-order valence-corrected chi connectivity index (χ0v) is 22.2. The van der Waals surface area contributed by atoms with E-state index in [4.69, 9.17) is 31.2 Å². The normalized spacial score (nSPS) is 19.6. The summed E-state index contributed by atoms with van der Waals surface area (Å²) in [5.74, 6) is 1.36. The van der Waals surface area contributed by atoms with Crippen LogP contribution in [0.4, 0.5) is 10.7 Å². The van der Waals surface area contributed by atoms with Crippen molar-refractivity contribution in [2.45, 2.75) is 57.0 Å². The van der Waals surface area contributed by atoms with Gasteiger partial charge in [0.2, 0.25) is 5.95 Å². The van der Waals surface area contributed by atoms with E-state index in [1.165, 1.54) is 18.5 Å². The molecule has 2 saturated carbocycles. The number of nitrogens with one attached hydrogen (secondary N) is 3. The van der Waals surface area contributed by atoms with Gasteiger partial charge < -0.3 is 30.5 Å². The first kappa shape index (κ1) is 27.6. The van der Waals surface area contributed by atoms with Gasteiger partial charge in [0.05, 0.1) is 49.5 Å². The highest BCUT2D eigenvalue weighted by Gasteiger charge is 2.26. The fourth-order valence-corrected chi connectivity index (χ4v) is 4.83. The van der Waals surface area contributed by atoms with Crippen molar-refractivity contribution in [1.82, 2.24) is 30.4 Å². The van der Waals surface area contributed by atoms with Crippen LogP contribution in [0.25, 0.3) is 11.3 Å². The number of carboxylic acid groups (broad SMARTS) is 1. The first-order chi connectivity index (χ1) is 18.0. The summed E-state index contributed by atoms with van der Waals surface area (Å²) < 4.78 is 12.8. The Morgan fingerprint density at radius 1 is 1.05 bits per heavy atom. The molecule has 0 bridgehead atoms. The Hall–Kier alpha value is -2.47. The van der Waals surface area contributed by atoms with Gasteiger partial charge in [-0.1, -0.05) is 11.6 Å². The second-order valence-electron chi connectivity index (χ2n) is 9.77. The molecule has 2 aromatic rings. The molecule has 2 aliphatic carbocycles. The van der Waals surface area contributed by atoms with Crippen LogP contribution in [0.1, 0.15) is 44.2 Å². The molecule has 2 fully saturated rings.